The lowest BCUT2D eigenvalue weighted by Crippen LogP contribution is -2.01. The first-order chi connectivity index (χ1) is 10.5. The second-order valence-corrected chi connectivity index (χ2v) is 5.46. The molecule has 112 valence electrons. The minimum Gasteiger partial charge on any atom is -0.494 e. The summed E-state index contributed by atoms with van der Waals surface area (Å²) < 4.78 is 0.982. The van der Waals surface area contributed by atoms with Crippen LogP contribution < -0.4 is 0 Å². The van der Waals surface area contributed by atoms with Gasteiger partial charge in [-0.3, -0.25) is 0 Å². The van der Waals surface area contributed by atoms with E-state index in [4.69, 9.17) is 23.2 Å². The van der Waals surface area contributed by atoms with Gasteiger partial charge in [0.15, 0.2) is 10.7 Å². The Morgan fingerprint density at radius 3 is 2.23 bits per heavy atom. The standard InChI is InChI=1S/C13H8Cl2N4O3/c14-9(15)8-5-16-11(10(17-8)18-22)19-12(20)6-3-1-2-4-7(6)13(19)21/h1-5,9,20-21H. The Hall–Kier alpha value is -2.38. The zero-order valence-electron chi connectivity index (χ0n) is 10.8. The van der Waals surface area contributed by atoms with Crippen molar-refractivity contribution in [2.24, 2.45) is 5.18 Å². The highest BCUT2D eigenvalue weighted by molar-refractivity contribution is 6.43. The average Bonchev–Trinajstić information content (AvgIpc) is 2.78. The Labute approximate surface area is 133 Å². The molecule has 0 atom stereocenters. The van der Waals surface area contributed by atoms with Gasteiger partial charge in [0.2, 0.25) is 17.6 Å². The highest BCUT2D eigenvalue weighted by atomic mass is 35.5. The lowest BCUT2D eigenvalue weighted by Gasteiger charge is -2.08. The fourth-order valence-electron chi connectivity index (χ4n) is 2.13. The van der Waals surface area contributed by atoms with Crippen molar-refractivity contribution in [1.29, 1.82) is 0 Å². The molecule has 0 saturated heterocycles. The van der Waals surface area contributed by atoms with Gasteiger partial charge >= 0.3 is 0 Å². The molecule has 3 rings (SSSR count). The fraction of sp³-hybridized carbons (Fsp3) is 0.0769. The first kappa shape index (κ1) is 14.6. The van der Waals surface area contributed by atoms with Crippen LogP contribution in [0.3, 0.4) is 0 Å². The molecule has 1 aromatic carbocycles. The SMILES string of the molecule is O=Nc1nc(C(Cl)Cl)cnc1-n1c(O)c2ccccc2c1O. The van der Waals surface area contributed by atoms with E-state index >= 15 is 0 Å². The van der Waals surface area contributed by atoms with Crippen molar-refractivity contribution < 1.29 is 10.2 Å². The monoisotopic (exact) mass is 338 g/mol. The van der Waals surface area contributed by atoms with E-state index < -0.39 is 4.84 Å². The van der Waals surface area contributed by atoms with E-state index in [0.717, 1.165) is 4.57 Å². The number of alkyl halides is 2. The predicted octanol–water partition coefficient (Wildman–Crippen LogP) is 3.71. The highest BCUT2D eigenvalue weighted by Gasteiger charge is 2.22. The Bertz CT molecular complexity index is 840. The van der Waals surface area contributed by atoms with Crippen LogP contribution >= 0.6 is 23.2 Å². The summed E-state index contributed by atoms with van der Waals surface area (Å²) in [6.07, 6.45) is 1.23. The van der Waals surface area contributed by atoms with Crippen LogP contribution in [0.1, 0.15) is 10.5 Å². The van der Waals surface area contributed by atoms with Crippen LogP contribution in [0.15, 0.2) is 35.6 Å². The summed E-state index contributed by atoms with van der Waals surface area (Å²) in [5, 5.41) is 24.1. The predicted molar refractivity (Wildman–Crippen MR) is 82.1 cm³/mol. The maximum absolute atomic E-state index is 11.0. The first-order valence-electron chi connectivity index (χ1n) is 6.04. The minimum atomic E-state index is -0.979. The quantitative estimate of drug-likeness (QED) is 0.560. The number of rotatable bonds is 3. The zero-order chi connectivity index (χ0) is 15.9. The molecule has 0 saturated carbocycles. The summed E-state index contributed by atoms with van der Waals surface area (Å²) in [6, 6.07) is 6.63. The Morgan fingerprint density at radius 1 is 1.14 bits per heavy atom. The molecule has 3 aromatic rings. The largest absolute Gasteiger partial charge is 0.494 e. The normalized spacial score (nSPS) is 11.2. The van der Waals surface area contributed by atoms with E-state index in [0.29, 0.717) is 10.8 Å². The average molecular weight is 339 g/mol. The van der Waals surface area contributed by atoms with Gasteiger partial charge in [-0.25, -0.2) is 14.5 Å². The summed E-state index contributed by atoms with van der Waals surface area (Å²) in [4.78, 5) is 17.9. The number of aromatic nitrogens is 3. The topological polar surface area (TPSA) is 101 Å². The van der Waals surface area contributed by atoms with E-state index in [1.165, 1.54) is 6.20 Å². The minimum absolute atomic E-state index is 0.126. The van der Waals surface area contributed by atoms with Crippen LogP contribution in [-0.2, 0) is 0 Å². The molecule has 0 fully saturated rings. The number of nitroso groups, excluding NO2 is 1. The molecule has 0 amide bonds. The van der Waals surface area contributed by atoms with Gasteiger partial charge in [-0.1, -0.05) is 35.3 Å². The van der Waals surface area contributed by atoms with Crippen molar-refractivity contribution >= 4 is 39.8 Å². The fourth-order valence-corrected chi connectivity index (χ4v) is 2.34. The van der Waals surface area contributed by atoms with Gasteiger partial charge in [-0.15, -0.1) is 4.91 Å². The summed E-state index contributed by atoms with van der Waals surface area (Å²) in [6.45, 7) is 0. The van der Waals surface area contributed by atoms with Crippen LogP contribution in [0, 0.1) is 4.91 Å². The number of nitrogens with zero attached hydrogens (tertiary/aromatic N) is 4. The van der Waals surface area contributed by atoms with Crippen molar-refractivity contribution in [3.8, 4) is 17.6 Å². The molecule has 2 heterocycles. The van der Waals surface area contributed by atoms with Gasteiger partial charge in [0.1, 0.15) is 0 Å². The van der Waals surface area contributed by atoms with Crippen LogP contribution in [0.5, 0.6) is 11.8 Å². The maximum Gasteiger partial charge on any atom is 0.240 e. The molecule has 2 aromatic heterocycles. The smallest absolute Gasteiger partial charge is 0.240 e. The summed E-state index contributed by atoms with van der Waals surface area (Å²) >= 11 is 11.3. The van der Waals surface area contributed by atoms with Crippen LogP contribution in [0.2, 0.25) is 0 Å². The van der Waals surface area contributed by atoms with Gasteiger partial charge < -0.3 is 10.2 Å². The summed E-state index contributed by atoms with van der Waals surface area (Å²) in [7, 11) is 0. The second kappa shape index (κ2) is 5.43. The van der Waals surface area contributed by atoms with Gasteiger partial charge in [-0.05, 0) is 17.3 Å². The maximum atomic E-state index is 11.0. The zero-order valence-corrected chi connectivity index (χ0v) is 12.3. The van der Waals surface area contributed by atoms with Crippen LogP contribution in [0.25, 0.3) is 16.6 Å². The number of benzene rings is 1. The molecule has 0 aliphatic carbocycles. The van der Waals surface area contributed by atoms with E-state index in [1.807, 2.05) is 0 Å². The highest BCUT2D eigenvalue weighted by Crippen LogP contribution is 2.40. The number of hydrogen-bond donors (Lipinski definition) is 2. The van der Waals surface area contributed by atoms with Gasteiger partial charge in [0.25, 0.3) is 0 Å². The number of aromatic hydroxyl groups is 2. The third kappa shape index (κ3) is 2.15. The lowest BCUT2D eigenvalue weighted by atomic mass is 10.2. The molecule has 22 heavy (non-hydrogen) atoms. The number of halogens is 2. The van der Waals surface area contributed by atoms with E-state index in [2.05, 4.69) is 15.1 Å². The third-order valence-corrected chi connectivity index (χ3v) is 3.56. The van der Waals surface area contributed by atoms with Gasteiger partial charge in [-0.2, -0.15) is 0 Å². The molecule has 9 heteroatoms. The molecule has 0 radical (unpaired) electrons. The molecule has 2 N–H and O–H groups in total. The summed E-state index contributed by atoms with van der Waals surface area (Å²) in [5.74, 6) is -1.05. The van der Waals surface area contributed by atoms with Crippen molar-refractivity contribution in [2.45, 2.75) is 4.84 Å². The third-order valence-electron chi connectivity index (χ3n) is 3.11. The van der Waals surface area contributed by atoms with Crippen LogP contribution in [-0.4, -0.2) is 24.7 Å². The molecule has 0 aliphatic heterocycles. The van der Waals surface area contributed by atoms with E-state index in [9.17, 15) is 15.1 Å². The van der Waals surface area contributed by atoms with Crippen molar-refractivity contribution in [1.82, 2.24) is 14.5 Å². The number of fused-ring (bicyclic) bond motifs is 1. The van der Waals surface area contributed by atoms with E-state index in [-0.39, 0.29) is 29.1 Å². The first-order valence-corrected chi connectivity index (χ1v) is 6.92. The van der Waals surface area contributed by atoms with Gasteiger partial charge in [0, 0.05) is 10.8 Å². The summed E-state index contributed by atoms with van der Waals surface area (Å²) in [5.41, 5.74) is 0.136. The molecular formula is C13H8Cl2N4O3. The molecule has 0 aliphatic rings. The van der Waals surface area contributed by atoms with Crippen molar-refractivity contribution in [2.75, 3.05) is 0 Å². The molecule has 0 spiro atoms. The molecule has 0 bridgehead atoms. The molecule has 0 unspecified atom stereocenters. The Kier molecular flexibility index (Phi) is 3.59. The van der Waals surface area contributed by atoms with Gasteiger partial charge in [0.05, 0.1) is 11.9 Å². The number of hydrogen-bond acceptors (Lipinski definition) is 6. The molecular weight excluding hydrogens is 331 g/mol. The van der Waals surface area contributed by atoms with Crippen LogP contribution in [0.4, 0.5) is 5.82 Å². The van der Waals surface area contributed by atoms with Crippen molar-refractivity contribution in [3.05, 3.63) is 41.1 Å². The molecule has 7 nitrogen and oxygen atoms in total. The van der Waals surface area contributed by atoms with E-state index in [1.54, 1.807) is 24.3 Å². The van der Waals surface area contributed by atoms with Crippen molar-refractivity contribution in [3.63, 3.8) is 0 Å². The Morgan fingerprint density at radius 2 is 1.73 bits per heavy atom. The lowest BCUT2D eigenvalue weighted by molar-refractivity contribution is 0.404. The second-order valence-electron chi connectivity index (χ2n) is 4.36. The Balaban J connectivity index is 2.30.